The molecule has 0 N–H and O–H groups in total. The van der Waals surface area contributed by atoms with E-state index in [2.05, 4.69) is 5.16 Å². The molecule has 0 aliphatic carbocycles. The first kappa shape index (κ1) is 22.6. The summed E-state index contributed by atoms with van der Waals surface area (Å²) < 4.78 is 11.2. The van der Waals surface area contributed by atoms with Crippen molar-refractivity contribution in [3.05, 3.63) is 43.3 Å². The first-order valence-corrected chi connectivity index (χ1v) is 9.07. The van der Waals surface area contributed by atoms with Gasteiger partial charge in [-0.3, -0.25) is 0 Å². The number of halogens is 6. The van der Waals surface area contributed by atoms with Gasteiger partial charge in [-0.05, 0) is 12.2 Å². The monoisotopic (exact) mass is 465 g/mol. The van der Waals surface area contributed by atoms with Gasteiger partial charge in [-0.25, -0.2) is 0 Å². The Morgan fingerprint density at radius 2 is 1.52 bits per heavy atom. The molecule has 0 amide bonds. The molecule has 0 radical (unpaired) electrons. The second-order valence-corrected chi connectivity index (χ2v) is 7.07. The topological polar surface area (TPSA) is 40.0 Å². The molecule has 0 saturated heterocycles. The number of hydrogen-bond acceptors (Lipinski definition) is 4. The molecule has 0 unspecified atom stereocenters. The fourth-order valence-corrected chi connectivity index (χ4v) is 2.25. The van der Waals surface area contributed by atoms with E-state index in [-0.39, 0.29) is 22.2 Å². The molecule has 0 spiro atoms. The molecular weight excluding hydrogens is 455 g/mol. The molecule has 10 heteroatoms. The van der Waals surface area contributed by atoms with Crippen LogP contribution in [-0.4, -0.2) is 26.0 Å². The van der Waals surface area contributed by atoms with E-state index < -0.39 is 0 Å². The summed E-state index contributed by atoms with van der Waals surface area (Å²) in [5, 5.41) is 4.34. The van der Waals surface area contributed by atoms with Crippen LogP contribution in [0.3, 0.4) is 0 Å². The number of oxime groups is 1. The van der Waals surface area contributed by atoms with Crippen molar-refractivity contribution in [1.82, 2.24) is 0 Å². The summed E-state index contributed by atoms with van der Waals surface area (Å²) in [5.41, 5.74) is 0. The zero-order valence-corrected chi connectivity index (χ0v) is 17.2. The molecule has 0 aromatic heterocycles. The van der Waals surface area contributed by atoms with Crippen molar-refractivity contribution in [3.8, 4) is 11.5 Å². The minimum Gasteiger partial charge on any atom is -0.490 e. The summed E-state index contributed by atoms with van der Waals surface area (Å²) in [6.45, 7) is 0.682. The Hall–Kier alpha value is -0.490. The normalized spacial score (nSPS) is 10.5. The maximum Gasteiger partial charge on any atom is 0.156 e. The predicted molar refractivity (Wildman–Crippen MR) is 106 cm³/mol. The van der Waals surface area contributed by atoms with Gasteiger partial charge in [-0.1, -0.05) is 74.8 Å². The van der Waals surface area contributed by atoms with E-state index in [9.17, 15) is 0 Å². The van der Waals surface area contributed by atoms with E-state index in [0.717, 1.165) is 0 Å². The number of ether oxygens (including phenoxy) is 2. The third kappa shape index (κ3) is 10.3. The Labute approximate surface area is 175 Å². The average Bonchev–Trinajstić information content (AvgIpc) is 2.51. The highest BCUT2D eigenvalue weighted by molar-refractivity contribution is 6.56. The summed E-state index contributed by atoms with van der Waals surface area (Å²) >= 11 is 34.1. The molecule has 0 bridgehead atoms. The Morgan fingerprint density at radius 3 is 2.12 bits per heavy atom. The van der Waals surface area contributed by atoms with Crippen LogP contribution in [0, 0.1) is 0 Å². The Balaban J connectivity index is 2.44. The molecule has 1 aromatic rings. The summed E-state index contributed by atoms with van der Waals surface area (Å²) in [4.78, 5) is 4.89. The van der Waals surface area contributed by atoms with Gasteiger partial charge < -0.3 is 14.3 Å². The SMILES string of the molecule is ClC(Cl)=CCON=CCCOc1c(Cl)cc(OCC=C(Cl)Cl)cc1Cl. The van der Waals surface area contributed by atoms with Crippen molar-refractivity contribution in [2.24, 2.45) is 5.16 Å². The Morgan fingerprint density at radius 1 is 0.920 bits per heavy atom. The maximum absolute atomic E-state index is 6.14. The number of hydrogen-bond donors (Lipinski definition) is 0. The van der Waals surface area contributed by atoms with Crippen LogP contribution in [-0.2, 0) is 4.84 Å². The molecule has 0 fully saturated rings. The molecule has 0 saturated carbocycles. The second-order valence-electron chi connectivity index (χ2n) is 4.24. The molecule has 25 heavy (non-hydrogen) atoms. The lowest BCUT2D eigenvalue weighted by atomic mass is 10.3. The molecule has 1 aromatic carbocycles. The fraction of sp³-hybridized carbons (Fsp3) is 0.267. The predicted octanol–water partition coefficient (Wildman–Crippen LogP) is 6.78. The molecule has 4 nitrogen and oxygen atoms in total. The van der Waals surface area contributed by atoms with Crippen molar-refractivity contribution >= 4 is 75.8 Å². The van der Waals surface area contributed by atoms with E-state index in [1.54, 1.807) is 12.1 Å². The molecule has 0 atom stereocenters. The van der Waals surface area contributed by atoms with Gasteiger partial charge in [0.2, 0.25) is 0 Å². The van der Waals surface area contributed by atoms with Gasteiger partial charge in [-0.2, -0.15) is 0 Å². The van der Waals surface area contributed by atoms with Crippen LogP contribution in [0.2, 0.25) is 10.0 Å². The lowest BCUT2D eigenvalue weighted by molar-refractivity contribution is 0.175. The third-order valence-electron chi connectivity index (χ3n) is 2.41. The molecule has 0 aliphatic rings. The van der Waals surface area contributed by atoms with Crippen molar-refractivity contribution < 1.29 is 14.3 Å². The van der Waals surface area contributed by atoms with Gasteiger partial charge in [0.05, 0.1) is 16.7 Å². The summed E-state index contributed by atoms with van der Waals surface area (Å²) in [7, 11) is 0. The highest BCUT2D eigenvalue weighted by Gasteiger charge is 2.10. The highest BCUT2D eigenvalue weighted by atomic mass is 35.5. The van der Waals surface area contributed by atoms with Crippen LogP contribution in [0.1, 0.15) is 6.42 Å². The van der Waals surface area contributed by atoms with Gasteiger partial charge in [0, 0.05) is 24.8 Å². The summed E-state index contributed by atoms with van der Waals surface area (Å²) in [5.74, 6) is 0.821. The molecule has 1 rings (SSSR count). The van der Waals surface area contributed by atoms with E-state index in [1.165, 1.54) is 18.4 Å². The molecule has 0 heterocycles. The van der Waals surface area contributed by atoms with E-state index in [4.69, 9.17) is 83.9 Å². The largest absolute Gasteiger partial charge is 0.490 e. The Bertz CT molecular complexity index is 617. The first-order chi connectivity index (χ1) is 11.9. The zero-order valence-electron chi connectivity index (χ0n) is 12.7. The minimum atomic E-state index is 0.115. The number of rotatable bonds is 10. The van der Waals surface area contributed by atoms with Crippen molar-refractivity contribution in [3.63, 3.8) is 0 Å². The molecular formula is C15H13Cl6NO3. The van der Waals surface area contributed by atoms with Crippen LogP contribution in [0.25, 0.3) is 0 Å². The Kier molecular flexibility index (Phi) is 11.5. The van der Waals surface area contributed by atoms with Crippen molar-refractivity contribution in [1.29, 1.82) is 0 Å². The van der Waals surface area contributed by atoms with Gasteiger partial charge in [0.1, 0.15) is 27.9 Å². The average molecular weight is 468 g/mol. The second kappa shape index (κ2) is 12.8. The van der Waals surface area contributed by atoms with Gasteiger partial charge in [-0.15, -0.1) is 0 Å². The van der Waals surface area contributed by atoms with Crippen LogP contribution in [0.4, 0.5) is 0 Å². The van der Waals surface area contributed by atoms with E-state index >= 15 is 0 Å². The molecule has 0 aliphatic heterocycles. The number of nitrogens with zero attached hydrogens (tertiary/aromatic N) is 1. The zero-order chi connectivity index (χ0) is 18.7. The smallest absolute Gasteiger partial charge is 0.156 e. The van der Waals surface area contributed by atoms with Crippen LogP contribution >= 0.6 is 69.6 Å². The maximum atomic E-state index is 6.14. The van der Waals surface area contributed by atoms with Gasteiger partial charge in [0.15, 0.2) is 5.75 Å². The third-order valence-corrected chi connectivity index (χ3v) is 3.59. The lowest BCUT2D eigenvalue weighted by Gasteiger charge is -2.11. The number of benzene rings is 1. The van der Waals surface area contributed by atoms with Gasteiger partial charge >= 0.3 is 0 Å². The first-order valence-electron chi connectivity index (χ1n) is 6.81. The quantitative estimate of drug-likeness (QED) is 0.216. The van der Waals surface area contributed by atoms with Crippen LogP contribution in [0.15, 0.2) is 38.4 Å². The summed E-state index contributed by atoms with van der Waals surface area (Å²) in [6.07, 6.45) is 4.99. The van der Waals surface area contributed by atoms with Crippen molar-refractivity contribution in [2.75, 3.05) is 19.8 Å². The highest BCUT2D eigenvalue weighted by Crippen LogP contribution is 2.37. The lowest BCUT2D eigenvalue weighted by Crippen LogP contribution is -2.00. The van der Waals surface area contributed by atoms with Gasteiger partial charge in [0.25, 0.3) is 0 Å². The standard InChI is InChI=1S/C15H13Cl6NO3/c16-11-8-10(23-6-2-13(18)19)9-12(17)15(11)24-5-1-4-22-25-7-3-14(20)21/h2-4,8-9H,1,5-7H2. The summed E-state index contributed by atoms with van der Waals surface area (Å²) in [6, 6.07) is 3.16. The minimum absolute atomic E-state index is 0.115. The van der Waals surface area contributed by atoms with E-state index in [0.29, 0.717) is 34.6 Å². The van der Waals surface area contributed by atoms with Crippen LogP contribution in [0.5, 0.6) is 11.5 Å². The van der Waals surface area contributed by atoms with Crippen molar-refractivity contribution in [2.45, 2.75) is 6.42 Å². The molecule has 138 valence electrons. The fourth-order valence-electron chi connectivity index (χ4n) is 1.42. The van der Waals surface area contributed by atoms with E-state index in [1.807, 2.05) is 0 Å². The van der Waals surface area contributed by atoms with Crippen LogP contribution < -0.4 is 9.47 Å².